The fraction of sp³-hybridized carbons (Fsp3) is 0.100. The minimum absolute atomic E-state index is 0.124. The van der Waals surface area contributed by atoms with Gasteiger partial charge in [-0.3, -0.25) is 4.79 Å². The molecule has 2 rings (SSSR count). The third-order valence-corrected chi connectivity index (χ3v) is 3.25. The smallest absolute Gasteiger partial charge is 0.188 e. The van der Waals surface area contributed by atoms with Gasteiger partial charge in [0.2, 0.25) is 0 Å². The van der Waals surface area contributed by atoms with Crippen LogP contribution >= 0.6 is 27.5 Å². The normalized spacial score (nSPS) is 10.4. The summed E-state index contributed by atoms with van der Waals surface area (Å²) >= 11 is 4.34. The lowest BCUT2D eigenvalue weighted by Gasteiger charge is -2.02. The molecule has 0 radical (unpaired) electrons. The Balaban J connectivity index is 2.18. The highest BCUT2D eigenvalue weighted by Gasteiger charge is 2.12. The topological polar surface area (TPSA) is 42.9 Å². The molecule has 1 heterocycles. The van der Waals surface area contributed by atoms with Gasteiger partial charge >= 0.3 is 0 Å². The Morgan fingerprint density at radius 3 is 2.94 bits per heavy atom. The molecule has 0 aliphatic rings. The van der Waals surface area contributed by atoms with Crippen molar-refractivity contribution in [3.8, 4) is 0 Å². The van der Waals surface area contributed by atoms with Crippen molar-refractivity contribution in [3.05, 3.63) is 45.1 Å². The number of benzene rings is 1. The molecule has 0 unspecified atom stereocenters. The molecule has 1 aromatic carbocycles. The number of carbonyl (C=O) groups is 1. The van der Waals surface area contributed by atoms with Gasteiger partial charge in [0.15, 0.2) is 5.78 Å². The van der Waals surface area contributed by atoms with Crippen LogP contribution in [0.25, 0.3) is 0 Å². The van der Waals surface area contributed by atoms with Crippen molar-refractivity contribution in [3.63, 3.8) is 0 Å². The van der Waals surface area contributed by atoms with E-state index in [4.69, 9.17) is 0 Å². The first-order valence-corrected chi connectivity index (χ1v) is 6.04. The average Bonchev–Trinajstić information content (AvgIpc) is 2.75. The van der Waals surface area contributed by atoms with E-state index >= 15 is 0 Å². The Labute approximate surface area is 104 Å². The zero-order valence-electron chi connectivity index (χ0n) is 7.98. The van der Waals surface area contributed by atoms with Gasteiger partial charge in [-0.25, -0.2) is 4.39 Å². The number of carbonyl (C=O) groups excluding carboxylic acids is 1. The van der Waals surface area contributed by atoms with Gasteiger partial charge in [0.25, 0.3) is 0 Å². The number of ketones is 1. The molecule has 0 aliphatic heterocycles. The molecule has 0 N–H and O–H groups in total. The Kier molecular flexibility index (Phi) is 3.40. The standard InChI is InChI=1S/C10H6BrFN2OS/c11-8-4-7(12)2-1-6(8)3-10(15)9-5-16-14-13-9/h1-2,4-5H,3H2. The van der Waals surface area contributed by atoms with Crippen LogP contribution in [0, 0.1) is 5.82 Å². The largest absolute Gasteiger partial charge is 0.292 e. The van der Waals surface area contributed by atoms with Gasteiger partial charge in [-0.1, -0.05) is 26.5 Å². The van der Waals surface area contributed by atoms with Crippen molar-refractivity contribution in [1.29, 1.82) is 0 Å². The minimum Gasteiger partial charge on any atom is -0.292 e. The van der Waals surface area contributed by atoms with Gasteiger partial charge in [-0.05, 0) is 29.2 Å². The Bertz CT molecular complexity index is 516. The second-order valence-corrected chi connectivity index (χ2v) is 4.59. The molecular weight excluding hydrogens is 295 g/mol. The molecule has 0 atom stereocenters. The number of Topliss-reactive ketones (excluding diaryl/α,β-unsaturated/α-hetero) is 1. The predicted molar refractivity (Wildman–Crippen MR) is 62.0 cm³/mol. The van der Waals surface area contributed by atoms with Crippen LogP contribution in [0.1, 0.15) is 16.1 Å². The third kappa shape index (κ3) is 2.51. The molecule has 82 valence electrons. The first kappa shape index (κ1) is 11.3. The van der Waals surface area contributed by atoms with E-state index in [1.54, 1.807) is 11.4 Å². The summed E-state index contributed by atoms with van der Waals surface area (Å²) in [6.45, 7) is 0. The third-order valence-electron chi connectivity index (χ3n) is 2.01. The fourth-order valence-corrected chi connectivity index (χ4v) is 2.17. The second kappa shape index (κ2) is 4.80. The zero-order valence-corrected chi connectivity index (χ0v) is 10.4. The van der Waals surface area contributed by atoms with Crippen molar-refractivity contribution in [2.45, 2.75) is 6.42 Å². The van der Waals surface area contributed by atoms with Crippen LogP contribution in [-0.2, 0) is 6.42 Å². The highest BCUT2D eigenvalue weighted by Crippen LogP contribution is 2.19. The van der Waals surface area contributed by atoms with E-state index in [0.717, 1.165) is 17.1 Å². The average molecular weight is 301 g/mol. The van der Waals surface area contributed by atoms with Gasteiger partial charge in [0.1, 0.15) is 11.5 Å². The summed E-state index contributed by atoms with van der Waals surface area (Å²) in [5, 5.41) is 5.29. The Morgan fingerprint density at radius 1 is 1.50 bits per heavy atom. The van der Waals surface area contributed by atoms with E-state index in [1.165, 1.54) is 12.1 Å². The fourth-order valence-electron chi connectivity index (χ4n) is 1.21. The highest BCUT2D eigenvalue weighted by molar-refractivity contribution is 9.10. The van der Waals surface area contributed by atoms with Crippen LogP contribution in [0.15, 0.2) is 28.1 Å². The van der Waals surface area contributed by atoms with E-state index in [1.807, 2.05) is 0 Å². The molecule has 2 aromatic rings. The van der Waals surface area contributed by atoms with Crippen LogP contribution in [0.2, 0.25) is 0 Å². The maximum absolute atomic E-state index is 12.8. The van der Waals surface area contributed by atoms with Crippen LogP contribution < -0.4 is 0 Å². The molecule has 16 heavy (non-hydrogen) atoms. The second-order valence-electron chi connectivity index (χ2n) is 3.13. The van der Waals surface area contributed by atoms with Crippen LogP contribution in [0.5, 0.6) is 0 Å². The van der Waals surface area contributed by atoms with Crippen LogP contribution in [0.3, 0.4) is 0 Å². The number of nitrogens with zero attached hydrogens (tertiary/aromatic N) is 2. The monoisotopic (exact) mass is 300 g/mol. The van der Waals surface area contributed by atoms with Crippen molar-refractivity contribution in [2.24, 2.45) is 0 Å². The summed E-state index contributed by atoms with van der Waals surface area (Å²) in [6, 6.07) is 4.24. The summed E-state index contributed by atoms with van der Waals surface area (Å²) in [5.41, 5.74) is 1.08. The lowest BCUT2D eigenvalue weighted by molar-refractivity contribution is 0.0988. The van der Waals surface area contributed by atoms with Gasteiger partial charge in [-0.15, -0.1) is 5.10 Å². The van der Waals surface area contributed by atoms with Crippen molar-refractivity contribution >= 4 is 33.2 Å². The summed E-state index contributed by atoms with van der Waals surface area (Å²) in [7, 11) is 0. The van der Waals surface area contributed by atoms with Crippen LogP contribution in [0.4, 0.5) is 4.39 Å². The molecule has 0 amide bonds. The number of hydrogen-bond acceptors (Lipinski definition) is 4. The predicted octanol–water partition coefficient (Wildman–Crippen LogP) is 2.87. The van der Waals surface area contributed by atoms with E-state index < -0.39 is 0 Å². The maximum Gasteiger partial charge on any atom is 0.188 e. The van der Waals surface area contributed by atoms with Crippen molar-refractivity contribution < 1.29 is 9.18 Å². The Hall–Kier alpha value is -1.14. The van der Waals surface area contributed by atoms with E-state index in [-0.39, 0.29) is 18.0 Å². The highest BCUT2D eigenvalue weighted by atomic mass is 79.9. The van der Waals surface area contributed by atoms with Gasteiger partial charge in [0, 0.05) is 16.3 Å². The number of aromatic nitrogens is 2. The summed E-state index contributed by atoms with van der Waals surface area (Å²) in [4.78, 5) is 11.7. The molecule has 0 fully saturated rings. The molecular formula is C10H6BrFN2OS. The van der Waals surface area contributed by atoms with E-state index in [0.29, 0.717) is 10.2 Å². The van der Waals surface area contributed by atoms with E-state index in [9.17, 15) is 9.18 Å². The number of hydrogen-bond donors (Lipinski definition) is 0. The minimum atomic E-state index is -0.335. The Morgan fingerprint density at radius 2 is 2.31 bits per heavy atom. The summed E-state index contributed by atoms with van der Waals surface area (Å²) < 4.78 is 17.0. The van der Waals surface area contributed by atoms with Gasteiger partial charge in [0.05, 0.1) is 0 Å². The van der Waals surface area contributed by atoms with Crippen molar-refractivity contribution in [1.82, 2.24) is 9.59 Å². The van der Waals surface area contributed by atoms with Gasteiger partial charge in [-0.2, -0.15) is 0 Å². The first-order chi connectivity index (χ1) is 7.66. The van der Waals surface area contributed by atoms with Crippen molar-refractivity contribution in [2.75, 3.05) is 0 Å². The van der Waals surface area contributed by atoms with Gasteiger partial charge < -0.3 is 0 Å². The molecule has 0 bridgehead atoms. The van der Waals surface area contributed by atoms with E-state index in [2.05, 4.69) is 25.5 Å². The SMILES string of the molecule is O=C(Cc1ccc(F)cc1Br)c1csnn1. The number of halogens is 2. The molecule has 0 spiro atoms. The maximum atomic E-state index is 12.8. The zero-order chi connectivity index (χ0) is 11.5. The lowest BCUT2D eigenvalue weighted by Crippen LogP contribution is -2.04. The molecule has 0 saturated carbocycles. The first-order valence-electron chi connectivity index (χ1n) is 4.41. The molecule has 1 aromatic heterocycles. The number of rotatable bonds is 3. The summed E-state index contributed by atoms with van der Waals surface area (Å²) in [6.07, 6.45) is 0.187. The summed E-state index contributed by atoms with van der Waals surface area (Å²) in [5.74, 6) is -0.459. The van der Waals surface area contributed by atoms with Crippen LogP contribution in [-0.4, -0.2) is 15.4 Å². The molecule has 6 heteroatoms. The molecule has 3 nitrogen and oxygen atoms in total. The molecule has 0 aliphatic carbocycles. The molecule has 0 saturated heterocycles. The lowest BCUT2D eigenvalue weighted by atomic mass is 10.1. The quantitative estimate of drug-likeness (QED) is 0.819.